The zero-order valence-corrected chi connectivity index (χ0v) is 21.3. The normalized spacial score (nSPS) is 15.9. The van der Waals surface area contributed by atoms with Crippen LogP contribution in [0.1, 0.15) is 28.7 Å². The maximum Gasteiger partial charge on any atom is 0.283 e. The van der Waals surface area contributed by atoms with Gasteiger partial charge in [-0.05, 0) is 84.8 Å². The second-order valence-corrected chi connectivity index (χ2v) is 9.57. The number of fused-ring (bicyclic) bond motifs is 1. The minimum atomic E-state index is -0.462. The summed E-state index contributed by atoms with van der Waals surface area (Å²) >= 11 is 1.25. The van der Waals surface area contributed by atoms with Gasteiger partial charge in [0.1, 0.15) is 16.5 Å². The van der Waals surface area contributed by atoms with E-state index in [2.05, 4.69) is 35.0 Å². The van der Waals surface area contributed by atoms with Crippen LogP contribution in [0.25, 0.3) is 6.08 Å². The molecule has 3 heterocycles. The molecule has 5 rings (SSSR count). The molecule has 9 heteroatoms. The summed E-state index contributed by atoms with van der Waals surface area (Å²) in [5.74, 6) is 1.13. The quantitative estimate of drug-likeness (QED) is 0.329. The molecule has 0 saturated carbocycles. The fourth-order valence-corrected chi connectivity index (χ4v) is 4.76. The molecule has 1 aromatic heterocycles. The van der Waals surface area contributed by atoms with Crippen LogP contribution in [0, 0.1) is 19.3 Å². The van der Waals surface area contributed by atoms with Crippen molar-refractivity contribution in [3.8, 4) is 11.5 Å². The fraction of sp³-hybridized carbons (Fsp3) is 0.179. The molecular formula is C28H25N5O3S. The molecule has 0 aliphatic carbocycles. The van der Waals surface area contributed by atoms with Crippen LogP contribution in [0.4, 0.5) is 0 Å². The average Bonchev–Trinajstić information content (AvgIpc) is 3.31. The standard InChI is InChI=1S/C28H25N5O3S/c1-18-13-19(2)15-23(14-18)36-12-4-11-35-22-8-6-20(7-9-22)16-24-25(29)33-28(31-26(24)34)37-27(32-33)21-5-3-10-30-17-21/h3,5-10,13-17,29H,4,11-12H2,1-2H3. The average molecular weight is 512 g/mol. The Labute approximate surface area is 219 Å². The van der Waals surface area contributed by atoms with E-state index in [0.717, 1.165) is 29.0 Å². The number of hydrogen-bond donors (Lipinski definition) is 1. The topological polar surface area (TPSA) is 100 Å². The number of hydrazone groups is 1. The molecule has 0 atom stereocenters. The van der Waals surface area contributed by atoms with E-state index in [9.17, 15) is 4.79 Å². The summed E-state index contributed by atoms with van der Waals surface area (Å²) < 4.78 is 11.6. The smallest absolute Gasteiger partial charge is 0.283 e. The molecule has 2 aliphatic heterocycles. The number of benzene rings is 2. The first-order chi connectivity index (χ1) is 18.0. The molecule has 0 radical (unpaired) electrons. The third-order valence-electron chi connectivity index (χ3n) is 5.58. The number of nitrogens with zero attached hydrogens (tertiary/aromatic N) is 4. The number of amides is 1. The van der Waals surface area contributed by atoms with Crippen LogP contribution in [0.2, 0.25) is 0 Å². The Hall–Kier alpha value is -4.24. The molecule has 2 aromatic carbocycles. The monoisotopic (exact) mass is 511 g/mol. The van der Waals surface area contributed by atoms with Gasteiger partial charge in [-0.2, -0.15) is 15.1 Å². The first-order valence-corrected chi connectivity index (χ1v) is 12.6. The number of aryl methyl sites for hydroxylation is 2. The van der Waals surface area contributed by atoms with Gasteiger partial charge in [0.05, 0.1) is 18.8 Å². The Morgan fingerprint density at radius 2 is 1.73 bits per heavy atom. The van der Waals surface area contributed by atoms with Gasteiger partial charge in [0.15, 0.2) is 5.84 Å². The van der Waals surface area contributed by atoms with Gasteiger partial charge in [-0.3, -0.25) is 15.2 Å². The van der Waals surface area contributed by atoms with E-state index in [0.29, 0.717) is 23.4 Å². The second-order valence-electron chi connectivity index (χ2n) is 8.61. The van der Waals surface area contributed by atoms with Crippen molar-refractivity contribution in [2.75, 3.05) is 13.2 Å². The van der Waals surface area contributed by atoms with Gasteiger partial charge >= 0.3 is 0 Å². The highest BCUT2D eigenvalue weighted by Gasteiger charge is 2.36. The van der Waals surface area contributed by atoms with Crippen molar-refractivity contribution < 1.29 is 14.3 Å². The predicted octanol–water partition coefficient (Wildman–Crippen LogP) is 5.21. The van der Waals surface area contributed by atoms with Crippen LogP contribution in [-0.2, 0) is 4.79 Å². The molecule has 1 N–H and O–H groups in total. The van der Waals surface area contributed by atoms with Crippen molar-refractivity contribution >= 4 is 39.8 Å². The van der Waals surface area contributed by atoms with Crippen LogP contribution >= 0.6 is 11.8 Å². The number of ether oxygens (including phenoxy) is 2. The van der Waals surface area contributed by atoms with E-state index in [1.54, 1.807) is 18.5 Å². The number of carbonyl (C=O) groups is 1. The summed E-state index contributed by atoms with van der Waals surface area (Å²) in [7, 11) is 0. The lowest BCUT2D eigenvalue weighted by Gasteiger charge is -2.20. The number of hydrogen-bond acceptors (Lipinski definition) is 7. The molecule has 0 unspecified atom stereocenters. The highest BCUT2D eigenvalue weighted by molar-refractivity contribution is 8.27. The lowest BCUT2D eigenvalue weighted by atomic mass is 10.1. The van der Waals surface area contributed by atoms with E-state index in [1.807, 2.05) is 48.5 Å². The van der Waals surface area contributed by atoms with E-state index >= 15 is 0 Å². The van der Waals surface area contributed by atoms with Crippen molar-refractivity contribution in [3.63, 3.8) is 0 Å². The van der Waals surface area contributed by atoms with Crippen LogP contribution in [0.5, 0.6) is 11.5 Å². The maximum absolute atomic E-state index is 12.7. The number of pyridine rings is 1. The molecule has 186 valence electrons. The molecule has 3 aromatic rings. The number of carbonyl (C=O) groups excluding carboxylic acids is 1. The van der Waals surface area contributed by atoms with Crippen LogP contribution in [0.3, 0.4) is 0 Å². The molecular weight excluding hydrogens is 486 g/mol. The summed E-state index contributed by atoms with van der Waals surface area (Å²) in [5.41, 5.74) is 4.11. The summed E-state index contributed by atoms with van der Waals surface area (Å²) in [6.45, 7) is 5.20. The number of rotatable bonds is 8. The van der Waals surface area contributed by atoms with Crippen molar-refractivity contribution in [1.29, 1.82) is 5.41 Å². The Bertz CT molecular complexity index is 1410. The van der Waals surface area contributed by atoms with Crippen LogP contribution in [0.15, 0.2) is 82.7 Å². The lowest BCUT2D eigenvalue weighted by Crippen LogP contribution is -2.35. The van der Waals surface area contributed by atoms with Crippen molar-refractivity contribution in [3.05, 3.63) is 94.8 Å². The van der Waals surface area contributed by atoms with E-state index in [4.69, 9.17) is 14.9 Å². The first-order valence-electron chi connectivity index (χ1n) is 11.8. The molecule has 0 spiro atoms. The molecule has 8 nitrogen and oxygen atoms in total. The van der Waals surface area contributed by atoms with Crippen molar-refractivity contribution in [2.24, 2.45) is 10.1 Å². The largest absolute Gasteiger partial charge is 0.493 e. The Morgan fingerprint density at radius 1 is 1.00 bits per heavy atom. The lowest BCUT2D eigenvalue weighted by molar-refractivity contribution is -0.114. The minimum Gasteiger partial charge on any atom is -0.493 e. The number of thioether (sulfide) groups is 1. The third-order valence-corrected chi connectivity index (χ3v) is 6.53. The van der Waals surface area contributed by atoms with Crippen LogP contribution in [-0.4, -0.2) is 45.2 Å². The molecule has 0 saturated heterocycles. The SMILES string of the molecule is Cc1cc(C)cc(OCCCOc2ccc(C=C3C(=N)N4N=C(c5cccnc5)SC4=NC3=O)cc2)c1. The zero-order chi connectivity index (χ0) is 25.8. The van der Waals surface area contributed by atoms with Gasteiger partial charge in [0.2, 0.25) is 5.17 Å². The van der Waals surface area contributed by atoms with Crippen molar-refractivity contribution in [1.82, 2.24) is 9.99 Å². The highest BCUT2D eigenvalue weighted by Crippen LogP contribution is 2.30. The van der Waals surface area contributed by atoms with E-state index in [-0.39, 0.29) is 11.4 Å². The molecule has 1 amide bonds. The predicted molar refractivity (Wildman–Crippen MR) is 146 cm³/mol. The Kier molecular flexibility index (Phi) is 7.14. The number of aliphatic imine (C=N–C) groups is 1. The van der Waals surface area contributed by atoms with Gasteiger partial charge in [-0.15, -0.1) is 0 Å². The highest BCUT2D eigenvalue weighted by atomic mass is 32.2. The van der Waals surface area contributed by atoms with Gasteiger partial charge in [-0.1, -0.05) is 18.2 Å². The summed E-state index contributed by atoms with van der Waals surface area (Å²) in [6.07, 6.45) is 5.77. The second kappa shape index (κ2) is 10.8. The van der Waals surface area contributed by atoms with Gasteiger partial charge in [0, 0.05) is 24.4 Å². The van der Waals surface area contributed by atoms with Gasteiger partial charge < -0.3 is 9.47 Å². The Morgan fingerprint density at radius 3 is 2.43 bits per heavy atom. The number of aromatic nitrogens is 1. The molecule has 0 bridgehead atoms. The van der Waals surface area contributed by atoms with Gasteiger partial charge in [-0.25, -0.2) is 0 Å². The summed E-state index contributed by atoms with van der Waals surface area (Å²) in [4.78, 5) is 20.9. The number of nitrogens with one attached hydrogen (secondary N) is 1. The zero-order valence-electron chi connectivity index (χ0n) is 20.5. The molecule has 2 aliphatic rings. The minimum absolute atomic E-state index is 0.00878. The maximum atomic E-state index is 12.7. The number of amidine groups is 2. The summed E-state index contributed by atoms with van der Waals surface area (Å²) in [5, 5.41) is 15.4. The first kappa shape index (κ1) is 24.5. The van der Waals surface area contributed by atoms with Crippen LogP contribution < -0.4 is 9.47 Å². The van der Waals surface area contributed by atoms with E-state index < -0.39 is 5.91 Å². The summed E-state index contributed by atoms with van der Waals surface area (Å²) in [6, 6.07) is 17.2. The molecule has 37 heavy (non-hydrogen) atoms. The molecule has 0 fully saturated rings. The Balaban J connectivity index is 1.17. The third kappa shape index (κ3) is 5.78. The van der Waals surface area contributed by atoms with E-state index in [1.165, 1.54) is 27.9 Å². The van der Waals surface area contributed by atoms with Gasteiger partial charge in [0.25, 0.3) is 5.91 Å². The fourth-order valence-electron chi connectivity index (χ4n) is 3.88. The van der Waals surface area contributed by atoms with Crippen molar-refractivity contribution in [2.45, 2.75) is 20.3 Å².